The first kappa shape index (κ1) is 12.1. The monoisotopic (exact) mass is 231 g/mol. The number of fused-ring (bicyclic) bond motifs is 1. The highest BCUT2D eigenvalue weighted by molar-refractivity contribution is 5.79. The van der Waals surface area contributed by atoms with Crippen LogP contribution in [0.4, 0.5) is 0 Å². The number of benzene rings is 1. The van der Waals surface area contributed by atoms with E-state index < -0.39 is 0 Å². The standard InChI is InChI=1S/C14H21N3/c1-4-11(9-15)8-13-16-12-7-5-6-10(2)14(12)17(13)3/h5-7,11H,4,8-9,15H2,1-3H3. The molecule has 1 aromatic carbocycles. The van der Waals surface area contributed by atoms with Crippen LogP contribution in [0, 0.1) is 12.8 Å². The van der Waals surface area contributed by atoms with E-state index in [1.807, 2.05) is 0 Å². The normalized spacial score (nSPS) is 13.2. The summed E-state index contributed by atoms with van der Waals surface area (Å²) in [6.07, 6.45) is 2.08. The molecule has 17 heavy (non-hydrogen) atoms. The van der Waals surface area contributed by atoms with Gasteiger partial charge in [-0.1, -0.05) is 25.5 Å². The van der Waals surface area contributed by atoms with Crippen LogP contribution in [-0.4, -0.2) is 16.1 Å². The van der Waals surface area contributed by atoms with E-state index in [1.54, 1.807) is 0 Å². The van der Waals surface area contributed by atoms with E-state index in [2.05, 4.69) is 43.7 Å². The third-order valence-corrected chi connectivity index (χ3v) is 3.57. The van der Waals surface area contributed by atoms with Crippen molar-refractivity contribution in [2.45, 2.75) is 26.7 Å². The summed E-state index contributed by atoms with van der Waals surface area (Å²) >= 11 is 0. The fourth-order valence-electron chi connectivity index (χ4n) is 2.35. The summed E-state index contributed by atoms with van der Waals surface area (Å²) in [5.41, 5.74) is 9.39. The van der Waals surface area contributed by atoms with Crippen LogP contribution >= 0.6 is 0 Å². The van der Waals surface area contributed by atoms with Gasteiger partial charge in [-0.25, -0.2) is 4.98 Å². The molecule has 0 saturated carbocycles. The Morgan fingerprint density at radius 1 is 1.41 bits per heavy atom. The Hall–Kier alpha value is -1.35. The number of para-hydroxylation sites is 1. The molecule has 0 fully saturated rings. The fourth-order valence-corrected chi connectivity index (χ4v) is 2.35. The van der Waals surface area contributed by atoms with Crippen molar-refractivity contribution in [1.82, 2.24) is 9.55 Å². The van der Waals surface area contributed by atoms with Gasteiger partial charge in [-0.15, -0.1) is 0 Å². The highest BCUT2D eigenvalue weighted by atomic mass is 15.1. The van der Waals surface area contributed by atoms with Crippen molar-refractivity contribution in [2.75, 3.05) is 6.54 Å². The second kappa shape index (κ2) is 4.88. The van der Waals surface area contributed by atoms with Gasteiger partial charge < -0.3 is 10.3 Å². The molecule has 2 rings (SSSR count). The minimum absolute atomic E-state index is 0.533. The Kier molecular flexibility index (Phi) is 3.48. The predicted molar refractivity (Wildman–Crippen MR) is 72.0 cm³/mol. The van der Waals surface area contributed by atoms with Gasteiger partial charge in [0.1, 0.15) is 5.82 Å². The molecular weight excluding hydrogens is 210 g/mol. The van der Waals surface area contributed by atoms with E-state index in [0.717, 1.165) is 30.7 Å². The first-order valence-corrected chi connectivity index (χ1v) is 6.28. The first-order chi connectivity index (χ1) is 8.17. The Bertz CT molecular complexity index is 509. The van der Waals surface area contributed by atoms with Gasteiger partial charge in [0.05, 0.1) is 11.0 Å². The average Bonchev–Trinajstić information content (AvgIpc) is 2.64. The van der Waals surface area contributed by atoms with Gasteiger partial charge in [0, 0.05) is 13.5 Å². The Balaban J connectivity index is 2.42. The molecular formula is C14H21N3. The third kappa shape index (κ3) is 2.20. The van der Waals surface area contributed by atoms with Crippen LogP contribution in [0.3, 0.4) is 0 Å². The number of hydrogen-bond donors (Lipinski definition) is 1. The molecule has 1 heterocycles. The smallest absolute Gasteiger partial charge is 0.109 e. The van der Waals surface area contributed by atoms with Crippen LogP contribution in [0.25, 0.3) is 11.0 Å². The molecule has 0 aliphatic rings. The third-order valence-electron chi connectivity index (χ3n) is 3.57. The van der Waals surface area contributed by atoms with Crippen molar-refractivity contribution in [3.05, 3.63) is 29.6 Å². The largest absolute Gasteiger partial charge is 0.331 e. The minimum atomic E-state index is 0.533. The predicted octanol–water partition coefficient (Wildman–Crippen LogP) is 2.41. The van der Waals surface area contributed by atoms with E-state index in [-0.39, 0.29) is 0 Å². The molecule has 2 aromatic rings. The number of aromatic nitrogens is 2. The summed E-state index contributed by atoms with van der Waals surface area (Å²) in [7, 11) is 2.10. The summed E-state index contributed by atoms with van der Waals surface area (Å²) in [4.78, 5) is 4.72. The van der Waals surface area contributed by atoms with Gasteiger partial charge >= 0.3 is 0 Å². The number of rotatable bonds is 4. The van der Waals surface area contributed by atoms with Gasteiger partial charge in [0.25, 0.3) is 0 Å². The summed E-state index contributed by atoms with van der Waals surface area (Å²) in [6.45, 7) is 5.05. The zero-order valence-corrected chi connectivity index (χ0v) is 10.9. The number of nitrogens with two attached hydrogens (primary N) is 1. The first-order valence-electron chi connectivity index (χ1n) is 6.28. The Labute approximate surface area is 103 Å². The molecule has 0 bridgehead atoms. The molecule has 0 radical (unpaired) electrons. The van der Waals surface area contributed by atoms with Crippen molar-refractivity contribution in [3.8, 4) is 0 Å². The van der Waals surface area contributed by atoms with Gasteiger partial charge in [-0.3, -0.25) is 0 Å². The second-order valence-corrected chi connectivity index (χ2v) is 4.74. The van der Waals surface area contributed by atoms with Crippen LogP contribution < -0.4 is 5.73 Å². The Morgan fingerprint density at radius 2 is 2.18 bits per heavy atom. The maximum absolute atomic E-state index is 5.77. The summed E-state index contributed by atoms with van der Waals surface area (Å²) in [5.74, 6) is 1.68. The van der Waals surface area contributed by atoms with Gasteiger partial charge in [-0.2, -0.15) is 0 Å². The van der Waals surface area contributed by atoms with Crippen LogP contribution in [0.2, 0.25) is 0 Å². The molecule has 0 aliphatic carbocycles. The molecule has 92 valence electrons. The molecule has 1 aromatic heterocycles. The van der Waals surface area contributed by atoms with Crippen molar-refractivity contribution in [1.29, 1.82) is 0 Å². The van der Waals surface area contributed by atoms with E-state index >= 15 is 0 Å². The molecule has 0 saturated heterocycles. The minimum Gasteiger partial charge on any atom is -0.331 e. The molecule has 2 N–H and O–H groups in total. The molecule has 1 unspecified atom stereocenters. The fraction of sp³-hybridized carbons (Fsp3) is 0.500. The number of imidazole rings is 1. The van der Waals surface area contributed by atoms with Crippen LogP contribution in [0.15, 0.2) is 18.2 Å². The van der Waals surface area contributed by atoms with Gasteiger partial charge in [-0.05, 0) is 31.0 Å². The van der Waals surface area contributed by atoms with E-state index in [1.165, 1.54) is 11.1 Å². The lowest BCUT2D eigenvalue weighted by molar-refractivity contribution is 0.499. The summed E-state index contributed by atoms with van der Waals surface area (Å²) in [5, 5.41) is 0. The molecule has 0 aliphatic heterocycles. The molecule has 1 atom stereocenters. The summed E-state index contributed by atoms with van der Waals surface area (Å²) < 4.78 is 2.21. The lowest BCUT2D eigenvalue weighted by atomic mass is 10.0. The van der Waals surface area contributed by atoms with Gasteiger partial charge in [0.2, 0.25) is 0 Å². The lowest BCUT2D eigenvalue weighted by Crippen LogP contribution is -2.17. The van der Waals surface area contributed by atoms with E-state index in [0.29, 0.717) is 5.92 Å². The Morgan fingerprint density at radius 3 is 2.76 bits per heavy atom. The highest BCUT2D eigenvalue weighted by Gasteiger charge is 2.13. The number of nitrogens with zero attached hydrogens (tertiary/aromatic N) is 2. The van der Waals surface area contributed by atoms with Crippen LogP contribution in [0.1, 0.15) is 24.7 Å². The molecule has 0 amide bonds. The maximum Gasteiger partial charge on any atom is 0.109 e. The van der Waals surface area contributed by atoms with Crippen LogP contribution in [0.5, 0.6) is 0 Å². The number of hydrogen-bond acceptors (Lipinski definition) is 2. The van der Waals surface area contributed by atoms with Gasteiger partial charge in [0.15, 0.2) is 0 Å². The molecule has 3 heteroatoms. The maximum atomic E-state index is 5.77. The molecule has 0 spiro atoms. The topological polar surface area (TPSA) is 43.8 Å². The van der Waals surface area contributed by atoms with E-state index in [4.69, 9.17) is 10.7 Å². The lowest BCUT2D eigenvalue weighted by Gasteiger charge is -2.11. The zero-order chi connectivity index (χ0) is 12.4. The van der Waals surface area contributed by atoms with E-state index in [9.17, 15) is 0 Å². The average molecular weight is 231 g/mol. The zero-order valence-electron chi connectivity index (χ0n) is 10.9. The molecule has 3 nitrogen and oxygen atoms in total. The second-order valence-electron chi connectivity index (χ2n) is 4.74. The summed E-state index contributed by atoms with van der Waals surface area (Å²) in [6, 6.07) is 6.28. The quantitative estimate of drug-likeness (QED) is 0.878. The van der Waals surface area contributed by atoms with Crippen molar-refractivity contribution < 1.29 is 0 Å². The van der Waals surface area contributed by atoms with Crippen molar-refractivity contribution >= 4 is 11.0 Å². The number of aryl methyl sites for hydroxylation is 2. The SMILES string of the molecule is CCC(CN)Cc1nc2cccc(C)c2n1C. The van der Waals surface area contributed by atoms with Crippen molar-refractivity contribution in [2.24, 2.45) is 18.7 Å². The van der Waals surface area contributed by atoms with Crippen LogP contribution in [-0.2, 0) is 13.5 Å². The van der Waals surface area contributed by atoms with Crippen molar-refractivity contribution in [3.63, 3.8) is 0 Å². The highest BCUT2D eigenvalue weighted by Crippen LogP contribution is 2.20.